The molecular weight excluding hydrogens is 485 g/mol. The standard InChI is InChI=1S/C27H46BN5O5/c1-18(2)33(23-29-15-20(16-30-23)28-37-26(7,8)27(9,10)38-28)17-21-13-11-12-14-32(21)22(34)19(3)31-24(35)36-25(4,5)6/h15-16,18-19,21H,11-14,17H2,1-10H3,(H,31,35). The number of hydrogen-bond acceptors (Lipinski definition) is 8. The number of amides is 2. The summed E-state index contributed by atoms with van der Waals surface area (Å²) in [7, 11) is -0.521. The summed E-state index contributed by atoms with van der Waals surface area (Å²) in [5.41, 5.74) is -0.733. The van der Waals surface area contributed by atoms with E-state index in [0.717, 1.165) is 24.7 Å². The van der Waals surface area contributed by atoms with Gasteiger partial charge in [0.25, 0.3) is 0 Å². The van der Waals surface area contributed by atoms with Crippen molar-refractivity contribution in [2.75, 3.05) is 18.0 Å². The normalized spacial score (nSPS) is 21.8. The van der Waals surface area contributed by atoms with Crippen molar-refractivity contribution in [1.29, 1.82) is 0 Å². The molecule has 11 heteroatoms. The molecule has 0 aliphatic carbocycles. The van der Waals surface area contributed by atoms with Gasteiger partial charge in [0.2, 0.25) is 11.9 Å². The second-order valence-electron chi connectivity index (χ2n) is 12.7. The summed E-state index contributed by atoms with van der Waals surface area (Å²) in [6.07, 6.45) is 5.78. The largest absolute Gasteiger partial charge is 0.498 e. The topological polar surface area (TPSA) is 106 Å². The average molecular weight is 532 g/mol. The summed E-state index contributed by atoms with van der Waals surface area (Å²) in [4.78, 5) is 38.9. The fourth-order valence-corrected chi connectivity index (χ4v) is 4.61. The molecule has 2 atom stereocenters. The highest BCUT2D eigenvalue weighted by molar-refractivity contribution is 6.61. The van der Waals surface area contributed by atoms with E-state index in [1.54, 1.807) is 40.1 Å². The number of ether oxygens (including phenoxy) is 1. The third-order valence-electron chi connectivity index (χ3n) is 7.49. The van der Waals surface area contributed by atoms with Gasteiger partial charge in [-0.25, -0.2) is 14.8 Å². The molecule has 0 aromatic carbocycles. The maximum Gasteiger partial charge on any atom is 0.498 e. The van der Waals surface area contributed by atoms with Crippen LogP contribution in [0, 0.1) is 0 Å². The molecule has 2 fully saturated rings. The Balaban J connectivity index is 1.70. The Labute approximate surface area is 228 Å². The zero-order chi connectivity index (χ0) is 28.5. The molecule has 212 valence electrons. The van der Waals surface area contributed by atoms with E-state index in [-0.39, 0.29) is 18.0 Å². The second-order valence-corrected chi connectivity index (χ2v) is 12.7. The first-order valence-corrected chi connectivity index (χ1v) is 13.7. The molecule has 1 N–H and O–H groups in total. The van der Waals surface area contributed by atoms with Gasteiger partial charge in [-0.1, -0.05) is 0 Å². The lowest BCUT2D eigenvalue weighted by Gasteiger charge is -2.41. The van der Waals surface area contributed by atoms with Gasteiger partial charge in [-0.2, -0.15) is 0 Å². The van der Waals surface area contributed by atoms with Gasteiger partial charge in [-0.3, -0.25) is 4.79 Å². The number of piperidine rings is 1. The van der Waals surface area contributed by atoms with Crippen molar-refractivity contribution in [3.8, 4) is 0 Å². The highest BCUT2D eigenvalue weighted by Gasteiger charge is 2.52. The molecule has 0 bridgehead atoms. The Morgan fingerprint density at radius 3 is 2.24 bits per heavy atom. The zero-order valence-corrected chi connectivity index (χ0v) is 24.8. The van der Waals surface area contributed by atoms with E-state index >= 15 is 0 Å². The molecule has 3 rings (SSSR count). The van der Waals surface area contributed by atoms with Gasteiger partial charge < -0.3 is 29.2 Å². The number of nitrogens with one attached hydrogen (secondary N) is 1. The zero-order valence-electron chi connectivity index (χ0n) is 24.8. The first kappa shape index (κ1) is 30.2. The van der Waals surface area contributed by atoms with E-state index in [1.165, 1.54) is 0 Å². The summed E-state index contributed by atoms with van der Waals surface area (Å²) in [5.74, 6) is 0.486. The van der Waals surface area contributed by atoms with Gasteiger partial charge in [0.05, 0.1) is 11.2 Å². The van der Waals surface area contributed by atoms with Gasteiger partial charge in [-0.15, -0.1) is 0 Å². The third kappa shape index (κ3) is 7.17. The summed E-state index contributed by atoms with van der Waals surface area (Å²) >= 11 is 0. The predicted molar refractivity (Wildman–Crippen MR) is 148 cm³/mol. The maximum atomic E-state index is 13.4. The summed E-state index contributed by atoms with van der Waals surface area (Å²) in [6, 6.07) is -0.588. The molecule has 2 amide bonds. The van der Waals surface area contributed by atoms with Crippen LogP contribution in [0.4, 0.5) is 10.7 Å². The fraction of sp³-hybridized carbons (Fsp3) is 0.778. The molecule has 0 spiro atoms. The Kier molecular flexibility index (Phi) is 9.03. The van der Waals surface area contributed by atoms with E-state index in [1.807, 2.05) is 32.6 Å². The molecule has 2 aliphatic heterocycles. The van der Waals surface area contributed by atoms with Crippen LogP contribution in [0.3, 0.4) is 0 Å². The molecular formula is C27H46BN5O5. The molecule has 2 aliphatic rings. The number of alkyl carbamates (subject to hydrolysis) is 1. The SMILES string of the molecule is CC(NC(=O)OC(C)(C)C)C(=O)N1CCCCC1CN(c1ncc(B2OC(C)(C)C(C)(C)O2)cn1)C(C)C. The second kappa shape index (κ2) is 11.4. The summed E-state index contributed by atoms with van der Waals surface area (Å²) in [5, 5.41) is 2.69. The highest BCUT2D eigenvalue weighted by atomic mass is 16.7. The van der Waals surface area contributed by atoms with E-state index in [9.17, 15) is 9.59 Å². The van der Waals surface area contributed by atoms with E-state index in [0.29, 0.717) is 19.0 Å². The van der Waals surface area contributed by atoms with Crippen LogP contribution < -0.4 is 15.7 Å². The molecule has 2 saturated heterocycles. The van der Waals surface area contributed by atoms with Gasteiger partial charge in [-0.05, 0) is 88.5 Å². The molecule has 38 heavy (non-hydrogen) atoms. The summed E-state index contributed by atoms with van der Waals surface area (Å²) in [6.45, 7) is 20.6. The minimum atomic E-state index is -0.687. The van der Waals surface area contributed by atoms with Gasteiger partial charge in [0.1, 0.15) is 11.6 Å². The van der Waals surface area contributed by atoms with Crippen molar-refractivity contribution in [2.24, 2.45) is 0 Å². The van der Waals surface area contributed by atoms with Crippen molar-refractivity contribution < 1.29 is 23.6 Å². The first-order chi connectivity index (χ1) is 17.5. The number of anilines is 1. The van der Waals surface area contributed by atoms with Crippen LogP contribution in [0.1, 0.15) is 88.5 Å². The maximum absolute atomic E-state index is 13.4. The lowest BCUT2D eigenvalue weighted by Crippen LogP contribution is -2.56. The minimum absolute atomic E-state index is 0.0205. The van der Waals surface area contributed by atoms with E-state index in [4.69, 9.17) is 14.0 Å². The molecule has 3 heterocycles. The molecule has 0 radical (unpaired) electrons. The number of carbonyl (C=O) groups is 2. The number of carbonyl (C=O) groups excluding carboxylic acids is 2. The van der Waals surface area contributed by atoms with Crippen LogP contribution in [0.25, 0.3) is 0 Å². The Bertz CT molecular complexity index is 963. The van der Waals surface area contributed by atoms with Gasteiger partial charge >= 0.3 is 13.2 Å². The van der Waals surface area contributed by atoms with E-state index in [2.05, 4.69) is 34.0 Å². The average Bonchev–Trinajstić information content (AvgIpc) is 3.02. The number of hydrogen-bond donors (Lipinski definition) is 1. The molecule has 10 nitrogen and oxygen atoms in total. The van der Waals surface area contributed by atoms with Crippen molar-refractivity contribution >= 4 is 30.5 Å². The predicted octanol–water partition coefficient (Wildman–Crippen LogP) is 3.28. The number of nitrogens with zero attached hydrogens (tertiary/aromatic N) is 4. The summed E-state index contributed by atoms with van der Waals surface area (Å²) < 4.78 is 17.6. The Hall–Kier alpha value is -2.40. The van der Waals surface area contributed by atoms with Crippen molar-refractivity contribution in [2.45, 2.75) is 123 Å². The van der Waals surface area contributed by atoms with Crippen LogP contribution >= 0.6 is 0 Å². The van der Waals surface area contributed by atoms with Crippen molar-refractivity contribution in [3.63, 3.8) is 0 Å². The number of aromatic nitrogens is 2. The lowest BCUT2D eigenvalue weighted by atomic mass is 9.81. The van der Waals surface area contributed by atoms with Crippen LogP contribution in [0.15, 0.2) is 12.4 Å². The smallest absolute Gasteiger partial charge is 0.444 e. The van der Waals surface area contributed by atoms with Crippen molar-refractivity contribution in [1.82, 2.24) is 20.2 Å². The van der Waals surface area contributed by atoms with Gasteiger partial charge in [0, 0.05) is 43.0 Å². The van der Waals surface area contributed by atoms with Crippen LogP contribution in [0.5, 0.6) is 0 Å². The quantitative estimate of drug-likeness (QED) is 0.535. The minimum Gasteiger partial charge on any atom is -0.444 e. The first-order valence-electron chi connectivity index (χ1n) is 13.7. The Morgan fingerprint density at radius 1 is 1.13 bits per heavy atom. The molecule has 0 saturated carbocycles. The van der Waals surface area contributed by atoms with Crippen LogP contribution in [0.2, 0.25) is 0 Å². The third-order valence-corrected chi connectivity index (χ3v) is 7.49. The van der Waals surface area contributed by atoms with Crippen LogP contribution in [-0.2, 0) is 18.8 Å². The number of likely N-dealkylation sites (tertiary alicyclic amines) is 1. The molecule has 1 aromatic heterocycles. The lowest BCUT2D eigenvalue weighted by molar-refractivity contribution is -0.136. The van der Waals surface area contributed by atoms with E-state index < -0.39 is 36.1 Å². The molecule has 2 unspecified atom stereocenters. The van der Waals surface area contributed by atoms with Crippen molar-refractivity contribution in [3.05, 3.63) is 12.4 Å². The monoisotopic (exact) mass is 531 g/mol. The van der Waals surface area contributed by atoms with Gasteiger partial charge in [0.15, 0.2) is 0 Å². The Morgan fingerprint density at radius 2 is 1.71 bits per heavy atom. The highest BCUT2D eigenvalue weighted by Crippen LogP contribution is 2.36. The fourth-order valence-electron chi connectivity index (χ4n) is 4.61. The van der Waals surface area contributed by atoms with Crippen LogP contribution in [-0.4, -0.2) is 82.0 Å². The molecule has 1 aromatic rings. The number of rotatable bonds is 7.